The fourth-order valence-electron chi connectivity index (χ4n) is 2.27. The molecule has 1 atom stereocenters. The summed E-state index contributed by atoms with van der Waals surface area (Å²) in [6.45, 7) is 2.15. The molecular formula is C19H22ClN3O3. The Bertz CT molecular complexity index is 750. The lowest BCUT2D eigenvalue weighted by Gasteiger charge is -2.16. The highest BCUT2D eigenvalue weighted by Gasteiger charge is 2.13. The van der Waals surface area contributed by atoms with E-state index in [0.717, 1.165) is 11.3 Å². The molecular weight excluding hydrogens is 354 g/mol. The molecule has 3 N–H and O–H groups in total. The van der Waals surface area contributed by atoms with Crippen LogP contribution in [0.25, 0.3) is 0 Å². The number of benzene rings is 2. The fraction of sp³-hybridized carbons (Fsp3) is 0.263. The number of carbonyl (C=O) groups excluding carboxylic acids is 2. The molecule has 0 aliphatic rings. The standard InChI is InChI=1S/C19H22ClN3O3/c1-13(19(25)21-11-14-5-3-4-6-17(14)20)22-15-7-9-16(10-8-15)23-18(24)12-26-2/h3-10,13,22H,11-12H2,1-2H3,(H,21,25)(H,23,24). The summed E-state index contributed by atoms with van der Waals surface area (Å²) in [5.74, 6) is -0.358. The van der Waals surface area contributed by atoms with Crippen LogP contribution in [-0.2, 0) is 20.9 Å². The number of ether oxygens (including phenoxy) is 1. The molecule has 2 rings (SSSR count). The predicted octanol–water partition coefficient (Wildman–Crippen LogP) is 3.04. The molecule has 0 spiro atoms. The van der Waals surface area contributed by atoms with Gasteiger partial charge in [-0.2, -0.15) is 0 Å². The smallest absolute Gasteiger partial charge is 0.250 e. The second-order valence-electron chi connectivity index (χ2n) is 5.73. The molecule has 2 aromatic carbocycles. The van der Waals surface area contributed by atoms with Gasteiger partial charge in [0.2, 0.25) is 11.8 Å². The van der Waals surface area contributed by atoms with E-state index in [1.54, 1.807) is 37.3 Å². The molecule has 0 radical (unpaired) electrons. The monoisotopic (exact) mass is 375 g/mol. The van der Waals surface area contributed by atoms with Gasteiger partial charge in [0.1, 0.15) is 12.6 Å². The summed E-state index contributed by atoms with van der Waals surface area (Å²) < 4.78 is 4.76. The molecule has 0 bridgehead atoms. The summed E-state index contributed by atoms with van der Waals surface area (Å²) >= 11 is 6.08. The summed E-state index contributed by atoms with van der Waals surface area (Å²) in [6.07, 6.45) is 0. The molecule has 26 heavy (non-hydrogen) atoms. The molecule has 138 valence electrons. The van der Waals surface area contributed by atoms with Crippen molar-refractivity contribution in [3.05, 3.63) is 59.1 Å². The van der Waals surface area contributed by atoms with Gasteiger partial charge >= 0.3 is 0 Å². The number of carbonyl (C=O) groups is 2. The van der Waals surface area contributed by atoms with Crippen LogP contribution in [0.5, 0.6) is 0 Å². The zero-order valence-corrected chi connectivity index (χ0v) is 15.5. The first-order valence-corrected chi connectivity index (χ1v) is 8.54. The third kappa shape index (κ3) is 6.06. The van der Waals surface area contributed by atoms with Crippen molar-refractivity contribution in [2.75, 3.05) is 24.4 Å². The Hall–Kier alpha value is -2.57. The van der Waals surface area contributed by atoms with Gasteiger partial charge in [-0.05, 0) is 42.8 Å². The van der Waals surface area contributed by atoms with Gasteiger partial charge in [-0.25, -0.2) is 0 Å². The van der Waals surface area contributed by atoms with Crippen LogP contribution in [0.1, 0.15) is 12.5 Å². The molecule has 0 aliphatic carbocycles. The Morgan fingerprint density at radius 3 is 2.38 bits per heavy atom. The normalized spacial score (nSPS) is 11.5. The second kappa shape index (κ2) is 9.79. The number of hydrogen-bond acceptors (Lipinski definition) is 4. The number of rotatable bonds is 8. The molecule has 1 unspecified atom stereocenters. The van der Waals surface area contributed by atoms with E-state index >= 15 is 0 Å². The molecule has 2 aromatic rings. The first-order valence-electron chi connectivity index (χ1n) is 8.16. The zero-order chi connectivity index (χ0) is 18.9. The van der Waals surface area contributed by atoms with Crippen molar-refractivity contribution in [2.45, 2.75) is 19.5 Å². The average Bonchev–Trinajstić information content (AvgIpc) is 2.62. The van der Waals surface area contributed by atoms with E-state index in [1.807, 2.05) is 18.2 Å². The molecule has 0 saturated heterocycles. The first-order chi connectivity index (χ1) is 12.5. The second-order valence-corrected chi connectivity index (χ2v) is 6.14. The van der Waals surface area contributed by atoms with Gasteiger partial charge in [0.25, 0.3) is 0 Å². The minimum Gasteiger partial charge on any atom is -0.375 e. The molecule has 6 nitrogen and oxygen atoms in total. The number of hydrogen-bond donors (Lipinski definition) is 3. The number of anilines is 2. The van der Waals surface area contributed by atoms with E-state index < -0.39 is 6.04 Å². The maximum Gasteiger partial charge on any atom is 0.250 e. The van der Waals surface area contributed by atoms with Crippen molar-refractivity contribution >= 4 is 34.8 Å². The number of amides is 2. The lowest BCUT2D eigenvalue weighted by atomic mass is 10.2. The van der Waals surface area contributed by atoms with Crippen LogP contribution in [0.4, 0.5) is 11.4 Å². The van der Waals surface area contributed by atoms with Crippen molar-refractivity contribution in [1.29, 1.82) is 0 Å². The van der Waals surface area contributed by atoms with E-state index in [1.165, 1.54) is 7.11 Å². The topological polar surface area (TPSA) is 79.5 Å². The fourth-order valence-corrected chi connectivity index (χ4v) is 2.47. The summed E-state index contributed by atoms with van der Waals surface area (Å²) in [4.78, 5) is 23.7. The highest BCUT2D eigenvalue weighted by atomic mass is 35.5. The SMILES string of the molecule is COCC(=O)Nc1ccc(NC(C)C(=O)NCc2ccccc2Cl)cc1. The molecule has 0 saturated carbocycles. The molecule has 0 fully saturated rings. The Kier molecular flexibility index (Phi) is 7.44. The van der Waals surface area contributed by atoms with Gasteiger partial charge in [0, 0.05) is 30.1 Å². The maximum absolute atomic E-state index is 12.2. The third-order valence-electron chi connectivity index (χ3n) is 3.63. The molecule has 0 aliphatic heterocycles. The van der Waals surface area contributed by atoms with Crippen molar-refractivity contribution in [3.63, 3.8) is 0 Å². The van der Waals surface area contributed by atoms with Gasteiger partial charge in [-0.1, -0.05) is 29.8 Å². The van der Waals surface area contributed by atoms with Crippen molar-refractivity contribution in [2.24, 2.45) is 0 Å². The van der Waals surface area contributed by atoms with Crippen LogP contribution in [0.2, 0.25) is 5.02 Å². The number of nitrogens with one attached hydrogen (secondary N) is 3. The first kappa shape index (κ1) is 19.8. The lowest BCUT2D eigenvalue weighted by Crippen LogP contribution is -2.37. The maximum atomic E-state index is 12.2. The summed E-state index contributed by atoms with van der Waals surface area (Å²) in [5.41, 5.74) is 2.30. The van der Waals surface area contributed by atoms with Crippen LogP contribution < -0.4 is 16.0 Å². The van der Waals surface area contributed by atoms with Gasteiger partial charge < -0.3 is 20.7 Å². The largest absolute Gasteiger partial charge is 0.375 e. The summed E-state index contributed by atoms with van der Waals surface area (Å²) in [7, 11) is 1.46. The van der Waals surface area contributed by atoms with Crippen LogP contribution in [-0.4, -0.2) is 31.6 Å². The van der Waals surface area contributed by atoms with E-state index in [2.05, 4.69) is 16.0 Å². The minimum absolute atomic E-state index is 0.00262. The summed E-state index contributed by atoms with van der Waals surface area (Å²) in [5, 5.41) is 9.30. The van der Waals surface area contributed by atoms with Crippen molar-refractivity contribution < 1.29 is 14.3 Å². The number of methoxy groups -OCH3 is 1. The van der Waals surface area contributed by atoms with Crippen LogP contribution in [0.3, 0.4) is 0 Å². The van der Waals surface area contributed by atoms with Crippen molar-refractivity contribution in [3.8, 4) is 0 Å². The molecule has 2 amide bonds. The average molecular weight is 376 g/mol. The Labute approximate surface area is 157 Å². The highest BCUT2D eigenvalue weighted by Crippen LogP contribution is 2.16. The predicted molar refractivity (Wildman–Crippen MR) is 103 cm³/mol. The van der Waals surface area contributed by atoms with Gasteiger partial charge in [-0.15, -0.1) is 0 Å². The quantitative estimate of drug-likeness (QED) is 0.662. The molecule has 0 heterocycles. The van der Waals surface area contributed by atoms with E-state index in [4.69, 9.17) is 16.3 Å². The van der Waals surface area contributed by atoms with E-state index in [-0.39, 0.29) is 18.4 Å². The van der Waals surface area contributed by atoms with E-state index in [9.17, 15) is 9.59 Å². The van der Waals surface area contributed by atoms with Crippen LogP contribution in [0, 0.1) is 0 Å². The highest BCUT2D eigenvalue weighted by molar-refractivity contribution is 6.31. The Morgan fingerprint density at radius 1 is 1.08 bits per heavy atom. The number of halogens is 1. The third-order valence-corrected chi connectivity index (χ3v) is 4.00. The minimum atomic E-state index is -0.425. The van der Waals surface area contributed by atoms with Gasteiger partial charge in [-0.3, -0.25) is 9.59 Å². The van der Waals surface area contributed by atoms with Crippen LogP contribution >= 0.6 is 11.6 Å². The van der Waals surface area contributed by atoms with Gasteiger partial charge in [0.05, 0.1) is 0 Å². The van der Waals surface area contributed by atoms with Crippen molar-refractivity contribution in [1.82, 2.24) is 5.32 Å². The Morgan fingerprint density at radius 2 is 1.73 bits per heavy atom. The van der Waals surface area contributed by atoms with Gasteiger partial charge in [0.15, 0.2) is 0 Å². The zero-order valence-electron chi connectivity index (χ0n) is 14.7. The van der Waals surface area contributed by atoms with E-state index in [0.29, 0.717) is 17.3 Å². The molecule has 7 heteroatoms. The molecule has 0 aromatic heterocycles. The Balaban J connectivity index is 1.84. The van der Waals surface area contributed by atoms with Crippen LogP contribution in [0.15, 0.2) is 48.5 Å². The lowest BCUT2D eigenvalue weighted by molar-refractivity contribution is -0.121. The summed E-state index contributed by atoms with van der Waals surface area (Å²) in [6, 6.07) is 14.1.